The molecule has 0 amide bonds. The lowest BCUT2D eigenvalue weighted by Crippen LogP contribution is -2.51. The molecule has 224 valence electrons. The SMILES string of the molecule is CC(C)c1cc(-c2ccc(NS(=O)(=O)CCC(F)(F)F)c(F)c2)nc2cnc(N[C@@H]3CNC[C@](C)(C(F)F)C3)nc12. The summed E-state index contributed by atoms with van der Waals surface area (Å²) in [7, 11) is -4.43. The van der Waals surface area contributed by atoms with E-state index in [-0.39, 0.29) is 30.9 Å². The number of benzene rings is 1. The number of aromatic nitrogens is 3. The first-order valence-electron chi connectivity index (χ1n) is 12.9. The van der Waals surface area contributed by atoms with Crippen molar-refractivity contribution in [2.75, 3.05) is 28.9 Å². The average Bonchev–Trinajstić information content (AvgIpc) is 2.87. The van der Waals surface area contributed by atoms with E-state index in [9.17, 15) is 34.8 Å². The quantitative estimate of drug-likeness (QED) is 0.269. The summed E-state index contributed by atoms with van der Waals surface area (Å²) in [6.45, 7) is 6.05. The van der Waals surface area contributed by atoms with E-state index in [2.05, 4.69) is 25.6 Å². The van der Waals surface area contributed by atoms with Crippen molar-refractivity contribution in [1.82, 2.24) is 20.3 Å². The Morgan fingerprint density at radius 2 is 1.90 bits per heavy atom. The van der Waals surface area contributed by atoms with Gasteiger partial charge in [0, 0.05) is 30.1 Å². The van der Waals surface area contributed by atoms with Gasteiger partial charge in [-0.2, -0.15) is 13.2 Å². The third-order valence-corrected chi connectivity index (χ3v) is 8.15. The molecule has 0 unspecified atom stereocenters. The van der Waals surface area contributed by atoms with Crippen LogP contribution in [0, 0.1) is 11.2 Å². The summed E-state index contributed by atoms with van der Waals surface area (Å²) in [4.78, 5) is 13.4. The van der Waals surface area contributed by atoms with E-state index in [0.29, 0.717) is 28.8 Å². The molecular weight excluding hydrogens is 574 g/mol. The number of anilines is 2. The van der Waals surface area contributed by atoms with E-state index in [1.807, 2.05) is 18.6 Å². The smallest absolute Gasteiger partial charge is 0.350 e. The fourth-order valence-electron chi connectivity index (χ4n) is 4.62. The van der Waals surface area contributed by atoms with Crippen LogP contribution in [0.3, 0.4) is 0 Å². The molecule has 0 aliphatic carbocycles. The van der Waals surface area contributed by atoms with Crippen LogP contribution >= 0.6 is 0 Å². The van der Waals surface area contributed by atoms with E-state index in [1.165, 1.54) is 19.2 Å². The zero-order valence-corrected chi connectivity index (χ0v) is 23.3. The molecule has 8 nitrogen and oxygen atoms in total. The Bertz CT molecular complexity index is 1520. The number of alkyl halides is 5. The van der Waals surface area contributed by atoms with Gasteiger partial charge in [0.15, 0.2) is 0 Å². The van der Waals surface area contributed by atoms with Gasteiger partial charge in [0.1, 0.15) is 11.3 Å². The van der Waals surface area contributed by atoms with Crippen LogP contribution in [0.4, 0.5) is 38.0 Å². The van der Waals surface area contributed by atoms with Gasteiger partial charge in [-0.1, -0.05) is 26.8 Å². The maximum absolute atomic E-state index is 14.8. The first-order chi connectivity index (χ1) is 19.1. The van der Waals surface area contributed by atoms with Gasteiger partial charge < -0.3 is 10.6 Å². The molecule has 1 saturated heterocycles. The summed E-state index contributed by atoms with van der Waals surface area (Å²) in [5, 5.41) is 6.16. The molecule has 1 aliphatic heterocycles. The van der Waals surface area contributed by atoms with Gasteiger partial charge in [0.2, 0.25) is 22.4 Å². The molecular formula is C26H30F6N6O2S. The first-order valence-corrected chi connectivity index (χ1v) is 14.5. The van der Waals surface area contributed by atoms with Crippen LogP contribution < -0.4 is 15.4 Å². The molecule has 0 spiro atoms. The number of piperidine rings is 1. The van der Waals surface area contributed by atoms with E-state index >= 15 is 0 Å². The predicted molar refractivity (Wildman–Crippen MR) is 144 cm³/mol. The minimum absolute atomic E-state index is 0.0509. The van der Waals surface area contributed by atoms with Crippen LogP contribution in [0.2, 0.25) is 0 Å². The molecule has 3 aromatic rings. The fourth-order valence-corrected chi connectivity index (χ4v) is 5.72. The van der Waals surface area contributed by atoms with E-state index < -0.39 is 51.7 Å². The molecule has 2 aromatic heterocycles. The van der Waals surface area contributed by atoms with Gasteiger partial charge in [-0.05, 0) is 36.1 Å². The third-order valence-electron chi connectivity index (χ3n) is 6.87. The minimum Gasteiger partial charge on any atom is -0.350 e. The topological polar surface area (TPSA) is 109 Å². The second kappa shape index (κ2) is 11.6. The number of rotatable bonds is 9. The molecule has 4 rings (SSSR count). The Morgan fingerprint density at radius 3 is 2.54 bits per heavy atom. The van der Waals surface area contributed by atoms with Gasteiger partial charge in [-0.3, -0.25) is 4.72 Å². The Morgan fingerprint density at radius 1 is 1.17 bits per heavy atom. The molecule has 3 N–H and O–H groups in total. The van der Waals surface area contributed by atoms with Crippen molar-refractivity contribution in [3.8, 4) is 11.3 Å². The Balaban J connectivity index is 1.59. The van der Waals surface area contributed by atoms with Crippen molar-refractivity contribution in [1.29, 1.82) is 0 Å². The third kappa shape index (κ3) is 7.56. The van der Waals surface area contributed by atoms with E-state index in [1.54, 1.807) is 6.07 Å². The predicted octanol–water partition coefficient (Wildman–Crippen LogP) is 5.69. The highest BCUT2D eigenvalue weighted by Gasteiger charge is 2.40. The molecule has 0 radical (unpaired) electrons. The van der Waals surface area contributed by atoms with Crippen LogP contribution in [-0.2, 0) is 10.0 Å². The number of halogens is 6. The van der Waals surface area contributed by atoms with E-state index in [0.717, 1.165) is 17.7 Å². The molecule has 2 atom stereocenters. The monoisotopic (exact) mass is 604 g/mol. The van der Waals surface area contributed by atoms with Crippen molar-refractivity contribution in [3.05, 3.63) is 41.8 Å². The van der Waals surface area contributed by atoms with Gasteiger partial charge in [0.05, 0.1) is 35.3 Å². The number of fused-ring (bicyclic) bond motifs is 1. The van der Waals surface area contributed by atoms with Gasteiger partial charge >= 0.3 is 6.18 Å². The van der Waals surface area contributed by atoms with Crippen molar-refractivity contribution < 1.29 is 34.8 Å². The normalized spacial score (nSPS) is 20.1. The first kappa shape index (κ1) is 30.8. The highest BCUT2D eigenvalue weighted by molar-refractivity contribution is 7.92. The molecule has 15 heteroatoms. The van der Waals surface area contributed by atoms with Crippen molar-refractivity contribution in [2.45, 2.75) is 58.2 Å². The number of sulfonamides is 1. The second-order valence-electron chi connectivity index (χ2n) is 10.8. The Labute approximate surface area is 233 Å². The lowest BCUT2D eigenvalue weighted by molar-refractivity contribution is -0.129. The maximum atomic E-state index is 14.8. The Hall–Kier alpha value is -3.20. The van der Waals surface area contributed by atoms with Crippen molar-refractivity contribution in [2.24, 2.45) is 5.41 Å². The van der Waals surface area contributed by atoms with Gasteiger partial charge in [0.25, 0.3) is 0 Å². The standard InChI is InChI=1S/C26H30F6N6O2S/c1-14(2)17-9-20(15-4-5-19(18(27)8-15)38-41(39,40)7-6-26(30,31)32)36-21-12-34-24(37-22(17)21)35-16-10-25(3,23(28)29)13-33-11-16/h4-5,8-9,12,14,16,23,33,38H,6-7,10-11,13H2,1-3H3,(H,34,35,37)/t16-,25+/m0/s1. The zero-order chi connectivity index (χ0) is 30.2. The highest BCUT2D eigenvalue weighted by Crippen LogP contribution is 2.34. The summed E-state index contributed by atoms with van der Waals surface area (Å²) < 4.78 is 105. The molecule has 41 heavy (non-hydrogen) atoms. The lowest BCUT2D eigenvalue weighted by atomic mass is 9.81. The molecule has 1 aromatic carbocycles. The van der Waals surface area contributed by atoms with Crippen LogP contribution in [0.5, 0.6) is 0 Å². The van der Waals surface area contributed by atoms with Gasteiger partial charge in [-0.25, -0.2) is 36.5 Å². The van der Waals surface area contributed by atoms with Crippen molar-refractivity contribution in [3.63, 3.8) is 0 Å². The van der Waals surface area contributed by atoms with Crippen molar-refractivity contribution >= 4 is 32.7 Å². The summed E-state index contributed by atoms with van der Waals surface area (Å²) >= 11 is 0. The number of hydrogen-bond acceptors (Lipinski definition) is 7. The number of nitrogens with zero attached hydrogens (tertiary/aromatic N) is 3. The molecule has 0 bridgehead atoms. The summed E-state index contributed by atoms with van der Waals surface area (Å²) in [5.41, 5.74) is 0.655. The fraction of sp³-hybridized carbons (Fsp3) is 0.500. The molecule has 3 heterocycles. The maximum Gasteiger partial charge on any atom is 0.390 e. The molecule has 0 saturated carbocycles. The number of nitrogens with one attached hydrogen (secondary N) is 3. The van der Waals surface area contributed by atoms with Gasteiger partial charge in [-0.15, -0.1) is 0 Å². The lowest BCUT2D eigenvalue weighted by Gasteiger charge is -2.38. The highest BCUT2D eigenvalue weighted by atomic mass is 32.2. The second-order valence-corrected chi connectivity index (χ2v) is 12.6. The Kier molecular flexibility index (Phi) is 8.69. The van der Waals surface area contributed by atoms with Crippen LogP contribution in [0.25, 0.3) is 22.3 Å². The molecule has 1 fully saturated rings. The summed E-state index contributed by atoms with van der Waals surface area (Å²) in [6.07, 6.45) is -7.01. The van der Waals surface area contributed by atoms with Crippen LogP contribution in [0.15, 0.2) is 30.5 Å². The molecule has 1 aliphatic rings. The minimum atomic E-state index is -4.67. The van der Waals surface area contributed by atoms with E-state index in [4.69, 9.17) is 0 Å². The summed E-state index contributed by atoms with van der Waals surface area (Å²) in [6, 6.07) is 4.94. The zero-order valence-electron chi connectivity index (χ0n) is 22.5. The summed E-state index contributed by atoms with van der Waals surface area (Å²) in [5.74, 6) is -2.02. The van der Waals surface area contributed by atoms with Crippen LogP contribution in [-0.4, -0.2) is 60.9 Å². The largest absolute Gasteiger partial charge is 0.390 e. The van der Waals surface area contributed by atoms with Crippen LogP contribution in [0.1, 0.15) is 45.1 Å². The average molecular weight is 605 g/mol. The number of hydrogen-bond donors (Lipinski definition) is 3. The number of pyridine rings is 1.